The van der Waals surface area contributed by atoms with E-state index in [1.165, 1.54) is 11.8 Å². The Morgan fingerprint density at radius 3 is 2.72 bits per heavy atom. The maximum Gasteiger partial charge on any atom is 0.264 e. The first-order valence-electron chi connectivity index (χ1n) is 7.36. The number of methoxy groups -OCH3 is 2. The van der Waals surface area contributed by atoms with Crippen LogP contribution in [0.25, 0.3) is 6.08 Å². The van der Waals surface area contributed by atoms with Gasteiger partial charge in [0.2, 0.25) is 0 Å². The van der Waals surface area contributed by atoms with Crippen molar-refractivity contribution in [2.24, 2.45) is 4.99 Å². The van der Waals surface area contributed by atoms with Crippen molar-refractivity contribution in [2.75, 3.05) is 14.2 Å². The van der Waals surface area contributed by atoms with Crippen LogP contribution < -0.4 is 14.8 Å². The molecule has 1 heterocycles. The Hall–Kier alpha value is -2.25. The number of thioether (sulfide) groups is 1. The average molecular weight is 419 g/mol. The number of hydrogen-bond acceptors (Lipinski definition) is 5. The zero-order valence-electron chi connectivity index (χ0n) is 13.6. The van der Waals surface area contributed by atoms with E-state index < -0.39 is 0 Å². The molecule has 0 radical (unpaired) electrons. The fourth-order valence-corrected chi connectivity index (χ4v) is 3.44. The SMILES string of the molecule is COc1ccc(/C=C2/SC(=Nc3cccc(Br)c3)NC2=O)c(OC)c1. The molecule has 1 N–H and O–H groups in total. The number of benzene rings is 2. The number of nitrogens with zero attached hydrogens (tertiary/aromatic N) is 1. The molecule has 0 saturated carbocycles. The topological polar surface area (TPSA) is 59.9 Å². The van der Waals surface area contributed by atoms with Gasteiger partial charge in [0.1, 0.15) is 11.5 Å². The molecule has 128 valence electrons. The number of halogens is 1. The Kier molecular flexibility index (Phi) is 5.45. The van der Waals surface area contributed by atoms with Crippen molar-refractivity contribution < 1.29 is 14.3 Å². The molecule has 3 rings (SSSR count). The number of rotatable bonds is 4. The van der Waals surface area contributed by atoms with E-state index in [1.807, 2.05) is 36.4 Å². The molecule has 0 unspecified atom stereocenters. The van der Waals surface area contributed by atoms with Crippen LogP contribution in [-0.2, 0) is 4.79 Å². The van der Waals surface area contributed by atoms with Gasteiger partial charge in [0, 0.05) is 16.1 Å². The highest BCUT2D eigenvalue weighted by molar-refractivity contribution is 9.10. The monoisotopic (exact) mass is 418 g/mol. The highest BCUT2D eigenvalue weighted by Gasteiger charge is 2.24. The zero-order chi connectivity index (χ0) is 17.8. The van der Waals surface area contributed by atoms with E-state index in [-0.39, 0.29) is 5.91 Å². The number of carbonyl (C=O) groups excluding carboxylic acids is 1. The molecular formula is C18H15BrN2O3S. The summed E-state index contributed by atoms with van der Waals surface area (Å²) in [6.07, 6.45) is 1.78. The summed E-state index contributed by atoms with van der Waals surface area (Å²) in [5.74, 6) is 1.15. The van der Waals surface area contributed by atoms with Crippen LogP contribution in [0.15, 0.2) is 56.8 Å². The highest BCUT2D eigenvalue weighted by atomic mass is 79.9. The lowest BCUT2D eigenvalue weighted by molar-refractivity contribution is -0.115. The Labute approximate surface area is 158 Å². The van der Waals surface area contributed by atoms with E-state index in [2.05, 4.69) is 26.2 Å². The minimum absolute atomic E-state index is 0.184. The summed E-state index contributed by atoms with van der Waals surface area (Å²) in [4.78, 5) is 17.2. The maximum absolute atomic E-state index is 12.2. The molecule has 1 amide bonds. The summed E-state index contributed by atoms with van der Waals surface area (Å²) in [7, 11) is 3.18. The summed E-state index contributed by atoms with van der Waals surface area (Å²) in [5, 5.41) is 3.32. The normalized spacial score (nSPS) is 17.0. The standard InChI is InChI=1S/C18H15BrN2O3S/c1-23-14-7-6-11(15(10-14)24-2)8-16-17(22)21-18(25-16)20-13-5-3-4-12(19)9-13/h3-10H,1-2H3,(H,20,21,22)/b16-8+. The van der Waals surface area contributed by atoms with Crippen molar-refractivity contribution in [2.45, 2.75) is 0 Å². The molecule has 1 aliphatic heterocycles. The number of aliphatic imine (C=N–C) groups is 1. The molecule has 1 saturated heterocycles. The van der Waals surface area contributed by atoms with Crippen LogP contribution >= 0.6 is 27.7 Å². The summed E-state index contributed by atoms with van der Waals surface area (Å²) in [5.41, 5.74) is 1.56. The molecule has 0 atom stereocenters. The quantitative estimate of drug-likeness (QED) is 0.749. The molecule has 25 heavy (non-hydrogen) atoms. The molecule has 2 aromatic carbocycles. The molecule has 0 aromatic heterocycles. The largest absolute Gasteiger partial charge is 0.497 e. The molecule has 2 aromatic rings. The van der Waals surface area contributed by atoms with Crippen LogP contribution in [0.2, 0.25) is 0 Å². The van der Waals surface area contributed by atoms with Gasteiger partial charge >= 0.3 is 0 Å². The molecule has 0 spiro atoms. The molecular weight excluding hydrogens is 404 g/mol. The van der Waals surface area contributed by atoms with E-state index >= 15 is 0 Å². The number of hydrogen-bond donors (Lipinski definition) is 1. The summed E-state index contributed by atoms with van der Waals surface area (Å²) < 4.78 is 11.5. The number of ether oxygens (including phenoxy) is 2. The summed E-state index contributed by atoms with van der Waals surface area (Å²) >= 11 is 4.70. The third kappa shape index (κ3) is 4.24. The molecule has 7 heteroatoms. The van der Waals surface area contributed by atoms with Crippen LogP contribution in [0, 0.1) is 0 Å². The third-order valence-corrected chi connectivity index (χ3v) is 4.82. The predicted octanol–water partition coefficient (Wildman–Crippen LogP) is 4.36. The predicted molar refractivity (Wildman–Crippen MR) is 104 cm³/mol. The molecule has 5 nitrogen and oxygen atoms in total. The van der Waals surface area contributed by atoms with E-state index in [4.69, 9.17) is 9.47 Å². The van der Waals surface area contributed by atoms with Crippen molar-refractivity contribution in [3.63, 3.8) is 0 Å². The smallest absolute Gasteiger partial charge is 0.264 e. The van der Waals surface area contributed by atoms with Gasteiger partial charge in [-0.2, -0.15) is 0 Å². The van der Waals surface area contributed by atoms with Crippen molar-refractivity contribution in [1.29, 1.82) is 0 Å². The van der Waals surface area contributed by atoms with Gasteiger partial charge in [-0.15, -0.1) is 0 Å². The molecule has 0 bridgehead atoms. The van der Waals surface area contributed by atoms with Gasteiger partial charge in [0.15, 0.2) is 5.17 Å². The second kappa shape index (κ2) is 7.76. The minimum Gasteiger partial charge on any atom is -0.497 e. The van der Waals surface area contributed by atoms with E-state index in [0.717, 1.165) is 15.7 Å². The van der Waals surface area contributed by atoms with Gasteiger partial charge < -0.3 is 14.8 Å². The lowest BCUT2D eigenvalue weighted by atomic mass is 10.1. The van der Waals surface area contributed by atoms with Crippen LogP contribution in [0.4, 0.5) is 5.69 Å². The van der Waals surface area contributed by atoms with Gasteiger partial charge in [-0.25, -0.2) is 4.99 Å². The number of amides is 1. The van der Waals surface area contributed by atoms with Gasteiger partial charge in [0.25, 0.3) is 5.91 Å². The average Bonchev–Trinajstić information content (AvgIpc) is 2.94. The van der Waals surface area contributed by atoms with Gasteiger partial charge in [-0.05, 0) is 48.2 Å². The maximum atomic E-state index is 12.2. The van der Waals surface area contributed by atoms with Crippen LogP contribution in [0.3, 0.4) is 0 Å². The Balaban J connectivity index is 1.87. The van der Waals surface area contributed by atoms with Crippen LogP contribution in [0.1, 0.15) is 5.56 Å². The number of nitrogens with one attached hydrogen (secondary N) is 1. The van der Waals surface area contributed by atoms with Crippen molar-refractivity contribution >= 4 is 50.5 Å². The number of carbonyl (C=O) groups is 1. The van der Waals surface area contributed by atoms with Crippen LogP contribution in [0.5, 0.6) is 11.5 Å². The first-order chi connectivity index (χ1) is 12.1. The Morgan fingerprint density at radius 2 is 2.00 bits per heavy atom. The first kappa shape index (κ1) is 17.6. The third-order valence-electron chi connectivity index (χ3n) is 3.42. The van der Waals surface area contributed by atoms with Crippen LogP contribution in [-0.4, -0.2) is 25.3 Å². The second-order valence-corrected chi connectivity index (χ2v) is 7.02. The fraction of sp³-hybridized carbons (Fsp3) is 0.111. The Morgan fingerprint density at radius 1 is 1.16 bits per heavy atom. The molecule has 0 aliphatic carbocycles. The molecule has 1 aliphatic rings. The highest BCUT2D eigenvalue weighted by Crippen LogP contribution is 2.32. The molecule has 1 fully saturated rings. The van der Waals surface area contributed by atoms with Crippen molar-refractivity contribution in [1.82, 2.24) is 5.32 Å². The fourth-order valence-electron chi connectivity index (χ4n) is 2.22. The minimum atomic E-state index is -0.184. The van der Waals surface area contributed by atoms with Crippen molar-refractivity contribution in [3.05, 3.63) is 57.4 Å². The summed E-state index contributed by atoms with van der Waals surface area (Å²) in [6.45, 7) is 0. The van der Waals surface area contributed by atoms with E-state index in [9.17, 15) is 4.79 Å². The lowest BCUT2D eigenvalue weighted by Gasteiger charge is -2.07. The van der Waals surface area contributed by atoms with Gasteiger partial charge in [-0.1, -0.05) is 22.0 Å². The number of amidine groups is 1. The van der Waals surface area contributed by atoms with E-state index in [0.29, 0.717) is 21.6 Å². The van der Waals surface area contributed by atoms with E-state index in [1.54, 1.807) is 26.4 Å². The summed E-state index contributed by atoms with van der Waals surface area (Å²) in [6, 6.07) is 13.0. The second-order valence-electron chi connectivity index (χ2n) is 5.07. The Bertz CT molecular complexity index is 880. The lowest BCUT2D eigenvalue weighted by Crippen LogP contribution is -2.19. The van der Waals surface area contributed by atoms with Crippen molar-refractivity contribution in [3.8, 4) is 11.5 Å². The van der Waals surface area contributed by atoms with Gasteiger partial charge in [0.05, 0.1) is 24.8 Å². The first-order valence-corrected chi connectivity index (χ1v) is 8.97. The van der Waals surface area contributed by atoms with Gasteiger partial charge in [-0.3, -0.25) is 4.79 Å². The zero-order valence-corrected chi connectivity index (χ0v) is 16.0.